The largest absolute Gasteiger partial charge is 0.469 e. The van der Waals surface area contributed by atoms with Crippen LogP contribution in [0.25, 0.3) is 4.85 Å². The van der Waals surface area contributed by atoms with E-state index in [-0.39, 0.29) is 63.7 Å². The highest BCUT2D eigenvalue weighted by molar-refractivity contribution is 6.03. The summed E-state index contributed by atoms with van der Waals surface area (Å²) in [6.07, 6.45) is 9.14. The van der Waals surface area contributed by atoms with Crippen LogP contribution in [-0.2, 0) is 19.1 Å². The van der Waals surface area contributed by atoms with E-state index in [1.165, 1.54) is 7.11 Å². The molecule has 5 heteroatoms. The van der Waals surface area contributed by atoms with Gasteiger partial charge in [0, 0.05) is 16.7 Å². The lowest BCUT2D eigenvalue weighted by atomic mass is 9.35. The van der Waals surface area contributed by atoms with Gasteiger partial charge in [0.25, 0.3) is 0 Å². The van der Waals surface area contributed by atoms with Crippen LogP contribution in [0.3, 0.4) is 0 Å². The highest BCUT2D eigenvalue weighted by atomic mass is 16.5. The number of carbonyl (C=O) groups is 3. The van der Waals surface area contributed by atoms with Crippen molar-refractivity contribution in [3.63, 3.8) is 0 Å². The van der Waals surface area contributed by atoms with E-state index in [2.05, 4.69) is 39.5 Å². The zero-order valence-corrected chi connectivity index (χ0v) is 23.9. The van der Waals surface area contributed by atoms with E-state index in [4.69, 9.17) is 11.3 Å². The van der Waals surface area contributed by atoms with E-state index in [0.717, 1.165) is 37.7 Å². The number of fused-ring (bicyclic) bond motifs is 7. The Balaban J connectivity index is 1.71. The first kappa shape index (κ1) is 26.4. The number of rotatable bonds is 1. The zero-order chi connectivity index (χ0) is 27.3. The van der Waals surface area contributed by atoms with Crippen LogP contribution < -0.4 is 0 Å². The van der Waals surface area contributed by atoms with Crippen LogP contribution in [0.2, 0.25) is 0 Å². The minimum atomic E-state index is -0.675. The van der Waals surface area contributed by atoms with Gasteiger partial charge in [-0.25, -0.2) is 4.85 Å². The average Bonchev–Trinajstić information content (AvgIpc) is 2.81. The molecule has 3 unspecified atom stereocenters. The van der Waals surface area contributed by atoms with Gasteiger partial charge in [0.15, 0.2) is 11.6 Å². The number of nitrogens with zero attached hydrogens (tertiary/aromatic N) is 1. The zero-order valence-electron chi connectivity index (χ0n) is 23.9. The summed E-state index contributed by atoms with van der Waals surface area (Å²) in [5, 5.41) is 0. The number of ether oxygens (including phenoxy) is 1. The molecule has 0 bridgehead atoms. The van der Waals surface area contributed by atoms with Gasteiger partial charge in [-0.3, -0.25) is 9.59 Å². The van der Waals surface area contributed by atoms with Crippen molar-refractivity contribution in [3.8, 4) is 0 Å². The smallest absolute Gasteiger partial charge is 0.308 e. The fourth-order valence-electron chi connectivity index (χ4n) is 10.2. The van der Waals surface area contributed by atoms with Crippen LogP contribution in [0, 0.1) is 63.2 Å². The van der Waals surface area contributed by atoms with Gasteiger partial charge in [0.1, 0.15) is 0 Å². The average molecular weight is 506 g/mol. The molecule has 8 atom stereocenters. The van der Waals surface area contributed by atoms with Crippen molar-refractivity contribution in [2.45, 2.75) is 87.0 Å². The van der Waals surface area contributed by atoms with Crippen LogP contribution in [0.1, 0.15) is 87.0 Å². The van der Waals surface area contributed by atoms with Gasteiger partial charge in [-0.05, 0) is 78.6 Å². The van der Waals surface area contributed by atoms with E-state index < -0.39 is 16.2 Å². The van der Waals surface area contributed by atoms with Crippen molar-refractivity contribution < 1.29 is 19.1 Å². The maximum absolute atomic E-state index is 14.3. The van der Waals surface area contributed by atoms with Crippen LogP contribution >= 0.6 is 0 Å². The Hall–Kier alpha value is -2.22. The highest BCUT2D eigenvalue weighted by Gasteiger charge is 2.69. The van der Waals surface area contributed by atoms with Crippen LogP contribution in [0.5, 0.6) is 0 Å². The van der Waals surface area contributed by atoms with Crippen molar-refractivity contribution >= 4 is 17.5 Å². The first-order chi connectivity index (χ1) is 17.1. The summed E-state index contributed by atoms with van der Waals surface area (Å²) in [6, 6.07) is 0. The van der Waals surface area contributed by atoms with Gasteiger partial charge in [-0.15, -0.1) is 0 Å². The molecule has 3 fully saturated rings. The van der Waals surface area contributed by atoms with E-state index >= 15 is 0 Å². The predicted octanol–water partition coefficient (Wildman–Crippen LogP) is 6.59. The number of allylic oxidation sites excluding steroid dienone is 4. The second-order valence-electron chi connectivity index (χ2n) is 14.8. The predicted molar refractivity (Wildman–Crippen MR) is 142 cm³/mol. The summed E-state index contributed by atoms with van der Waals surface area (Å²) in [6.45, 7) is 23.0. The van der Waals surface area contributed by atoms with Crippen LogP contribution in [0.4, 0.5) is 0 Å². The molecule has 0 N–H and O–H groups in total. The minimum Gasteiger partial charge on any atom is -0.469 e. The maximum atomic E-state index is 14.3. The van der Waals surface area contributed by atoms with E-state index in [1.54, 1.807) is 0 Å². The summed E-state index contributed by atoms with van der Waals surface area (Å²) in [7, 11) is 1.49. The Morgan fingerprint density at radius 2 is 1.68 bits per heavy atom. The van der Waals surface area contributed by atoms with Crippen LogP contribution in [0.15, 0.2) is 23.4 Å². The number of hydrogen-bond donors (Lipinski definition) is 0. The molecule has 5 aliphatic carbocycles. The number of carbonyl (C=O) groups excluding carboxylic acids is 3. The molecule has 3 saturated carbocycles. The number of ketones is 2. The Morgan fingerprint density at radius 1 is 1.00 bits per heavy atom. The molecule has 5 aliphatic rings. The summed E-state index contributed by atoms with van der Waals surface area (Å²) < 4.78 is 5.37. The summed E-state index contributed by atoms with van der Waals surface area (Å²) in [4.78, 5) is 44.4. The normalized spacial score (nSPS) is 45.6. The molecule has 200 valence electrons. The molecule has 0 radical (unpaired) electrons. The lowest BCUT2D eigenvalue weighted by Crippen LogP contribution is -2.65. The van der Waals surface area contributed by atoms with Gasteiger partial charge >= 0.3 is 5.97 Å². The van der Waals surface area contributed by atoms with Crippen LogP contribution in [-0.4, -0.2) is 24.6 Å². The first-order valence-corrected chi connectivity index (χ1v) is 14.1. The summed E-state index contributed by atoms with van der Waals surface area (Å²) in [5.74, 6) is -0.0371. The molecule has 0 spiro atoms. The topological polar surface area (TPSA) is 64.8 Å². The molecule has 37 heavy (non-hydrogen) atoms. The van der Waals surface area contributed by atoms with Crippen molar-refractivity contribution in [3.05, 3.63) is 34.8 Å². The Labute approximate surface area is 222 Å². The fourth-order valence-corrected chi connectivity index (χ4v) is 10.2. The standard InChI is InChI=1S/C32H43NO4/c1-28(2)12-10-18-19(15-28)25-22(34)14-24-30(5)17-21(33-8)26(35)29(3,4)23(30)11-13-31(24,6)32(25,7)16-20(18)27(36)37-9/h14,17-20,23,25H,10-13,15-16H2,1-7,9H3/t18?,19?,20-,23-,25?,30-,31+,32+/m0/s1. The molecule has 0 aromatic carbocycles. The minimum absolute atomic E-state index is 0.0200. The molecular formula is C32H43NO4. The third-order valence-corrected chi connectivity index (χ3v) is 12.2. The monoisotopic (exact) mass is 505 g/mol. The molecule has 0 amide bonds. The lowest BCUT2D eigenvalue weighted by molar-refractivity contribution is -0.179. The van der Waals surface area contributed by atoms with Gasteiger partial charge in [0.2, 0.25) is 5.70 Å². The van der Waals surface area contributed by atoms with Gasteiger partial charge in [-0.2, -0.15) is 0 Å². The lowest BCUT2D eigenvalue weighted by Gasteiger charge is -2.68. The molecular weight excluding hydrogens is 462 g/mol. The Morgan fingerprint density at radius 3 is 2.30 bits per heavy atom. The molecule has 0 aromatic heterocycles. The van der Waals surface area contributed by atoms with Crippen molar-refractivity contribution in [2.24, 2.45) is 56.7 Å². The van der Waals surface area contributed by atoms with Crippen molar-refractivity contribution in [1.29, 1.82) is 0 Å². The van der Waals surface area contributed by atoms with E-state index in [0.29, 0.717) is 6.42 Å². The fraction of sp³-hybridized carbons (Fsp3) is 0.750. The Bertz CT molecular complexity index is 1180. The van der Waals surface area contributed by atoms with Gasteiger partial charge < -0.3 is 9.53 Å². The molecule has 5 rings (SSSR count). The molecule has 0 saturated heterocycles. The molecule has 5 nitrogen and oxygen atoms in total. The highest BCUT2D eigenvalue weighted by Crippen LogP contribution is 2.73. The maximum Gasteiger partial charge on any atom is 0.308 e. The molecule has 0 heterocycles. The molecule has 0 aliphatic heterocycles. The van der Waals surface area contributed by atoms with Gasteiger partial charge in [0.05, 0.1) is 19.6 Å². The number of hydrogen-bond acceptors (Lipinski definition) is 4. The van der Waals surface area contributed by atoms with Crippen molar-refractivity contribution in [1.82, 2.24) is 0 Å². The second kappa shape index (κ2) is 7.90. The van der Waals surface area contributed by atoms with E-state index in [1.807, 2.05) is 26.0 Å². The quantitative estimate of drug-likeness (QED) is 0.298. The SMILES string of the molecule is [C-]#[N+]C1=C[C@]2(C)C3=CC(=O)C4C5CC(C)(C)CCC5[C@@H](C(=O)OC)C[C@@]4(C)[C@]3(C)CC[C@H]2C(C)(C)C1=O. The third kappa shape index (κ3) is 3.29. The summed E-state index contributed by atoms with van der Waals surface area (Å²) in [5.41, 5.74) is -0.569. The number of Topliss-reactive ketones (excluding diaryl/α,β-unsaturated/α-hetero) is 1. The Kier molecular flexibility index (Phi) is 5.64. The van der Waals surface area contributed by atoms with E-state index in [9.17, 15) is 14.4 Å². The second-order valence-corrected chi connectivity index (χ2v) is 14.8. The first-order valence-electron chi connectivity index (χ1n) is 14.1. The summed E-state index contributed by atoms with van der Waals surface area (Å²) >= 11 is 0. The molecule has 0 aromatic rings. The number of methoxy groups -OCH3 is 1. The number of esters is 1. The van der Waals surface area contributed by atoms with Crippen molar-refractivity contribution in [2.75, 3.05) is 7.11 Å². The third-order valence-electron chi connectivity index (χ3n) is 12.2. The van der Waals surface area contributed by atoms with Gasteiger partial charge in [-0.1, -0.05) is 60.1 Å².